The van der Waals surface area contributed by atoms with E-state index in [4.69, 9.17) is 0 Å². The molecule has 2 fully saturated rings. The maximum absolute atomic E-state index is 12.3. The summed E-state index contributed by atoms with van der Waals surface area (Å²) in [6.07, 6.45) is 6.54. The largest absolute Gasteiger partial charge is 0.372 e. The van der Waals surface area contributed by atoms with Crippen LogP contribution in [0.1, 0.15) is 56.3 Å². The molecule has 0 spiro atoms. The first-order valence-corrected chi connectivity index (χ1v) is 10.8. The zero-order valence-corrected chi connectivity index (χ0v) is 17.2. The van der Waals surface area contributed by atoms with Gasteiger partial charge in [-0.3, -0.25) is 25.3 Å². The van der Waals surface area contributed by atoms with Crippen LogP contribution in [0.25, 0.3) is 0 Å². The summed E-state index contributed by atoms with van der Waals surface area (Å²) >= 11 is 0. The van der Waals surface area contributed by atoms with Crippen LogP contribution in [-0.4, -0.2) is 49.4 Å². The van der Waals surface area contributed by atoms with Crippen LogP contribution in [0.2, 0.25) is 0 Å². The predicted molar refractivity (Wildman–Crippen MR) is 112 cm³/mol. The molecule has 0 aromatic heterocycles. The van der Waals surface area contributed by atoms with Gasteiger partial charge in [-0.2, -0.15) is 0 Å². The average molecular weight is 387 g/mol. The Labute approximate surface area is 168 Å². The highest BCUT2D eigenvalue weighted by Gasteiger charge is 2.31. The molecule has 0 radical (unpaired) electrons. The summed E-state index contributed by atoms with van der Waals surface area (Å²) in [5.74, 6) is 1.16. The lowest BCUT2D eigenvalue weighted by molar-refractivity contribution is -0.123. The Balaban J connectivity index is 1.43. The summed E-state index contributed by atoms with van der Waals surface area (Å²) in [5.41, 5.74) is 6.75. The van der Waals surface area contributed by atoms with Crippen LogP contribution in [0.15, 0.2) is 24.3 Å². The minimum absolute atomic E-state index is 0.151. The number of carbonyl (C=O) groups is 2. The molecule has 0 bridgehead atoms. The molecule has 1 aromatic carbocycles. The molecule has 2 amide bonds. The van der Waals surface area contributed by atoms with Crippen LogP contribution in [-0.2, 0) is 4.79 Å². The van der Waals surface area contributed by atoms with Crippen molar-refractivity contribution in [3.05, 3.63) is 29.8 Å². The van der Waals surface area contributed by atoms with Crippen LogP contribution < -0.4 is 15.8 Å². The first-order valence-electron chi connectivity index (χ1n) is 10.8. The summed E-state index contributed by atoms with van der Waals surface area (Å²) in [4.78, 5) is 29.0. The molecule has 154 valence electrons. The quantitative estimate of drug-likeness (QED) is 0.738. The highest BCUT2D eigenvalue weighted by molar-refractivity contribution is 5.95. The Kier molecular flexibility index (Phi) is 7.31. The lowest BCUT2D eigenvalue weighted by Crippen LogP contribution is -2.49. The van der Waals surface area contributed by atoms with Crippen molar-refractivity contribution in [1.82, 2.24) is 15.8 Å². The SMILES string of the molecule is CCN(CC)c1ccc(C(=O)NNC(=O)CN2CC[C@@H]3CCCC[C@@H]3C2)cc1. The second kappa shape index (κ2) is 9.92. The van der Waals surface area contributed by atoms with Crippen molar-refractivity contribution in [2.24, 2.45) is 11.8 Å². The smallest absolute Gasteiger partial charge is 0.269 e. The number of rotatable bonds is 6. The molecule has 3 rings (SSSR count). The van der Waals surface area contributed by atoms with Gasteiger partial charge in [0.15, 0.2) is 0 Å². The summed E-state index contributed by atoms with van der Waals surface area (Å²) in [6.45, 7) is 8.41. The normalized spacial score (nSPS) is 22.2. The molecule has 1 saturated heterocycles. The third-order valence-corrected chi connectivity index (χ3v) is 6.32. The first-order chi connectivity index (χ1) is 13.6. The third kappa shape index (κ3) is 5.25. The Morgan fingerprint density at radius 2 is 1.68 bits per heavy atom. The van der Waals surface area contributed by atoms with Crippen molar-refractivity contribution in [2.75, 3.05) is 37.6 Å². The van der Waals surface area contributed by atoms with Gasteiger partial charge in [-0.15, -0.1) is 0 Å². The van der Waals surface area contributed by atoms with Crippen molar-refractivity contribution >= 4 is 17.5 Å². The molecule has 28 heavy (non-hydrogen) atoms. The standard InChI is InChI=1S/C22H34N4O2/c1-3-26(4-2)20-11-9-18(10-12-20)22(28)24-23-21(27)16-25-14-13-17-7-5-6-8-19(17)15-25/h9-12,17,19H,3-8,13-16H2,1-2H3,(H,23,27)(H,24,28)/t17-,19+/m0/s1. The van der Waals surface area contributed by atoms with E-state index >= 15 is 0 Å². The number of piperidine rings is 1. The molecule has 1 heterocycles. The van der Waals surface area contributed by atoms with E-state index in [9.17, 15) is 9.59 Å². The van der Waals surface area contributed by atoms with E-state index in [0.29, 0.717) is 12.1 Å². The Morgan fingerprint density at radius 3 is 2.36 bits per heavy atom. The van der Waals surface area contributed by atoms with E-state index in [2.05, 4.69) is 34.5 Å². The topological polar surface area (TPSA) is 64.7 Å². The van der Waals surface area contributed by atoms with Gasteiger partial charge in [-0.1, -0.05) is 19.3 Å². The molecule has 1 aromatic rings. The van der Waals surface area contributed by atoms with Crippen LogP contribution >= 0.6 is 0 Å². The molecule has 0 unspecified atom stereocenters. The fourth-order valence-corrected chi connectivity index (χ4v) is 4.67. The number of amides is 2. The zero-order chi connectivity index (χ0) is 19.9. The molecule has 6 nitrogen and oxygen atoms in total. The molecule has 1 aliphatic heterocycles. The second-order valence-electron chi connectivity index (χ2n) is 8.05. The molecular weight excluding hydrogens is 352 g/mol. The van der Waals surface area contributed by atoms with E-state index in [1.165, 1.54) is 32.1 Å². The number of likely N-dealkylation sites (tertiary alicyclic amines) is 1. The fourth-order valence-electron chi connectivity index (χ4n) is 4.67. The van der Waals surface area contributed by atoms with Crippen LogP contribution in [0, 0.1) is 11.8 Å². The fraction of sp³-hybridized carbons (Fsp3) is 0.636. The van der Waals surface area contributed by atoms with E-state index in [-0.39, 0.29) is 11.8 Å². The molecule has 1 aliphatic carbocycles. The Hall–Kier alpha value is -2.08. The molecule has 2 N–H and O–H groups in total. The number of carbonyl (C=O) groups excluding carboxylic acids is 2. The number of hydrazine groups is 1. The van der Waals surface area contributed by atoms with Gasteiger partial charge in [0.2, 0.25) is 0 Å². The lowest BCUT2D eigenvalue weighted by atomic mass is 9.75. The van der Waals surface area contributed by atoms with E-state index in [0.717, 1.165) is 43.7 Å². The van der Waals surface area contributed by atoms with Gasteiger partial charge in [-0.25, -0.2) is 0 Å². The van der Waals surface area contributed by atoms with Crippen molar-refractivity contribution in [3.63, 3.8) is 0 Å². The molecule has 2 atom stereocenters. The number of fused-ring (bicyclic) bond motifs is 1. The third-order valence-electron chi connectivity index (χ3n) is 6.32. The van der Waals surface area contributed by atoms with Gasteiger partial charge in [0.1, 0.15) is 0 Å². The lowest BCUT2D eigenvalue weighted by Gasteiger charge is -2.41. The Bertz CT molecular complexity index is 657. The molecule has 2 aliphatic rings. The van der Waals surface area contributed by atoms with Crippen molar-refractivity contribution < 1.29 is 9.59 Å². The molecular formula is C22H34N4O2. The monoisotopic (exact) mass is 386 g/mol. The summed E-state index contributed by atoms with van der Waals surface area (Å²) < 4.78 is 0. The maximum Gasteiger partial charge on any atom is 0.269 e. The van der Waals surface area contributed by atoms with Crippen LogP contribution in [0.5, 0.6) is 0 Å². The number of benzene rings is 1. The highest BCUT2D eigenvalue weighted by Crippen LogP contribution is 2.35. The molecule has 1 saturated carbocycles. The molecule has 6 heteroatoms. The van der Waals surface area contributed by atoms with E-state index in [1.54, 1.807) is 12.1 Å². The number of hydrogen-bond donors (Lipinski definition) is 2. The van der Waals surface area contributed by atoms with Gasteiger partial charge in [0.05, 0.1) is 6.54 Å². The second-order valence-corrected chi connectivity index (χ2v) is 8.05. The van der Waals surface area contributed by atoms with Crippen LogP contribution in [0.3, 0.4) is 0 Å². The summed E-state index contributed by atoms with van der Waals surface area (Å²) in [6, 6.07) is 7.47. The number of anilines is 1. The zero-order valence-electron chi connectivity index (χ0n) is 17.2. The number of nitrogens with one attached hydrogen (secondary N) is 2. The highest BCUT2D eigenvalue weighted by atomic mass is 16.2. The summed E-state index contributed by atoms with van der Waals surface area (Å²) in [5, 5.41) is 0. The minimum atomic E-state index is -0.287. The van der Waals surface area contributed by atoms with Gasteiger partial charge in [0.25, 0.3) is 11.8 Å². The summed E-state index contributed by atoms with van der Waals surface area (Å²) in [7, 11) is 0. The predicted octanol–water partition coefficient (Wildman–Crippen LogP) is 2.81. The Morgan fingerprint density at radius 1 is 1.00 bits per heavy atom. The van der Waals surface area contributed by atoms with Crippen molar-refractivity contribution in [1.29, 1.82) is 0 Å². The maximum atomic E-state index is 12.3. The minimum Gasteiger partial charge on any atom is -0.372 e. The van der Waals surface area contributed by atoms with Crippen molar-refractivity contribution in [2.45, 2.75) is 46.0 Å². The van der Waals surface area contributed by atoms with Gasteiger partial charge < -0.3 is 4.90 Å². The van der Waals surface area contributed by atoms with Crippen molar-refractivity contribution in [3.8, 4) is 0 Å². The van der Waals surface area contributed by atoms with Gasteiger partial charge in [0, 0.05) is 30.9 Å². The van der Waals surface area contributed by atoms with Gasteiger partial charge in [-0.05, 0) is 69.3 Å². The van der Waals surface area contributed by atoms with Crippen LogP contribution in [0.4, 0.5) is 5.69 Å². The average Bonchev–Trinajstić information content (AvgIpc) is 2.73. The first kappa shape index (κ1) is 20.6. The number of nitrogens with zero attached hydrogens (tertiary/aromatic N) is 2. The number of hydrogen-bond acceptors (Lipinski definition) is 4. The van der Waals surface area contributed by atoms with E-state index in [1.807, 2.05) is 12.1 Å². The van der Waals surface area contributed by atoms with Gasteiger partial charge >= 0.3 is 0 Å². The van der Waals surface area contributed by atoms with E-state index < -0.39 is 0 Å².